The number of rotatable bonds is 5. The van der Waals surface area contributed by atoms with Gasteiger partial charge in [-0.05, 0) is 68.2 Å². The SMILES string of the molecule is CC(NC(=O)CCN1c2ccccc2Sc2ccccc21)C1CC2CCC1C2. The lowest BCUT2D eigenvalue weighted by molar-refractivity contribution is -0.122. The van der Waals surface area contributed by atoms with Crippen LogP contribution in [0.4, 0.5) is 11.4 Å². The van der Waals surface area contributed by atoms with E-state index in [0.717, 1.165) is 11.8 Å². The van der Waals surface area contributed by atoms with Gasteiger partial charge in [-0.25, -0.2) is 0 Å². The van der Waals surface area contributed by atoms with Crippen molar-refractivity contribution in [3.63, 3.8) is 0 Å². The van der Waals surface area contributed by atoms with E-state index in [-0.39, 0.29) is 5.91 Å². The third-order valence-corrected chi connectivity index (χ3v) is 8.05. The molecule has 3 aliphatic rings. The average molecular weight is 393 g/mol. The molecule has 0 radical (unpaired) electrons. The summed E-state index contributed by atoms with van der Waals surface area (Å²) >= 11 is 1.81. The van der Waals surface area contributed by atoms with Crippen molar-refractivity contribution in [3.05, 3.63) is 48.5 Å². The van der Waals surface area contributed by atoms with Crippen LogP contribution in [0.15, 0.2) is 58.3 Å². The fourth-order valence-electron chi connectivity index (χ4n) is 5.57. The van der Waals surface area contributed by atoms with Crippen molar-refractivity contribution < 1.29 is 4.79 Å². The van der Waals surface area contributed by atoms with Gasteiger partial charge in [-0.3, -0.25) is 4.79 Å². The minimum atomic E-state index is 0.184. The van der Waals surface area contributed by atoms with Crippen LogP contribution < -0.4 is 10.2 Å². The fraction of sp³-hybridized carbons (Fsp3) is 0.458. The summed E-state index contributed by atoms with van der Waals surface area (Å²) in [7, 11) is 0. The summed E-state index contributed by atoms with van der Waals surface area (Å²) < 4.78 is 0. The Labute approximate surface area is 171 Å². The van der Waals surface area contributed by atoms with Crippen LogP contribution in [0.1, 0.15) is 39.0 Å². The van der Waals surface area contributed by atoms with Gasteiger partial charge in [0, 0.05) is 28.8 Å². The standard InChI is InChI=1S/C24H28N2OS/c1-16(19-15-17-10-11-18(19)14-17)25-24(27)12-13-26-20-6-2-4-8-22(20)28-23-9-5-3-7-21(23)26/h2-9,16-19H,10-15H2,1H3,(H,25,27). The molecule has 2 fully saturated rings. The fourth-order valence-corrected chi connectivity index (χ4v) is 6.67. The minimum absolute atomic E-state index is 0.184. The molecule has 4 atom stereocenters. The predicted molar refractivity (Wildman–Crippen MR) is 115 cm³/mol. The Morgan fingerprint density at radius 3 is 2.36 bits per heavy atom. The van der Waals surface area contributed by atoms with Gasteiger partial charge >= 0.3 is 0 Å². The predicted octanol–water partition coefficient (Wildman–Crippen LogP) is 5.62. The second-order valence-corrected chi connectivity index (χ2v) is 9.72. The zero-order valence-corrected chi connectivity index (χ0v) is 17.3. The van der Waals surface area contributed by atoms with Crippen molar-refractivity contribution in [1.82, 2.24) is 5.32 Å². The molecule has 0 saturated heterocycles. The van der Waals surface area contributed by atoms with E-state index in [9.17, 15) is 4.79 Å². The maximum Gasteiger partial charge on any atom is 0.222 e. The number of benzene rings is 2. The van der Waals surface area contributed by atoms with E-state index >= 15 is 0 Å². The highest BCUT2D eigenvalue weighted by atomic mass is 32.2. The van der Waals surface area contributed by atoms with E-state index in [1.165, 1.54) is 46.8 Å². The van der Waals surface area contributed by atoms with Gasteiger partial charge in [0.15, 0.2) is 0 Å². The second-order valence-electron chi connectivity index (χ2n) is 8.63. The van der Waals surface area contributed by atoms with E-state index in [4.69, 9.17) is 0 Å². The molecular formula is C24H28N2OS. The van der Waals surface area contributed by atoms with Gasteiger partial charge < -0.3 is 10.2 Å². The third kappa shape index (κ3) is 3.32. The summed E-state index contributed by atoms with van der Waals surface area (Å²) in [6, 6.07) is 17.3. The number of carbonyl (C=O) groups excluding carboxylic acids is 1. The number of amides is 1. The molecule has 0 aromatic heterocycles. The normalized spacial score (nSPS) is 25.9. The Morgan fingerprint density at radius 2 is 1.75 bits per heavy atom. The van der Waals surface area contributed by atoms with Crippen molar-refractivity contribution >= 4 is 29.0 Å². The van der Waals surface area contributed by atoms with Gasteiger partial charge in [-0.15, -0.1) is 0 Å². The number of nitrogens with zero attached hydrogens (tertiary/aromatic N) is 1. The first-order valence-electron chi connectivity index (χ1n) is 10.6. The average Bonchev–Trinajstić information content (AvgIpc) is 3.35. The topological polar surface area (TPSA) is 32.3 Å². The van der Waals surface area contributed by atoms with Crippen LogP contribution in [0.2, 0.25) is 0 Å². The quantitative estimate of drug-likeness (QED) is 0.717. The Hall–Kier alpha value is -1.94. The number of fused-ring (bicyclic) bond motifs is 4. The van der Waals surface area contributed by atoms with Gasteiger partial charge in [-0.1, -0.05) is 42.4 Å². The molecule has 1 amide bonds. The highest BCUT2D eigenvalue weighted by molar-refractivity contribution is 7.99. The largest absolute Gasteiger partial charge is 0.353 e. The Balaban J connectivity index is 1.26. The van der Waals surface area contributed by atoms with Gasteiger partial charge in [0.25, 0.3) is 0 Å². The number of anilines is 2. The highest BCUT2D eigenvalue weighted by Crippen LogP contribution is 2.50. The number of hydrogen-bond donors (Lipinski definition) is 1. The maximum absolute atomic E-state index is 12.7. The Morgan fingerprint density at radius 1 is 1.07 bits per heavy atom. The summed E-state index contributed by atoms with van der Waals surface area (Å²) in [5.74, 6) is 2.64. The number of nitrogens with one attached hydrogen (secondary N) is 1. The van der Waals surface area contributed by atoms with Crippen LogP contribution in [-0.2, 0) is 4.79 Å². The summed E-state index contributed by atoms with van der Waals surface area (Å²) in [6.45, 7) is 2.93. The maximum atomic E-state index is 12.7. The first kappa shape index (κ1) is 18.1. The van der Waals surface area contributed by atoms with E-state index < -0.39 is 0 Å². The van der Waals surface area contributed by atoms with Gasteiger partial charge in [0.1, 0.15) is 0 Å². The molecule has 2 aliphatic carbocycles. The van der Waals surface area contributed by atoms with E-state index in [1.807, 2.05) is 11.8 Å². The van der Waals surface area contributed by atoms with Gasteiger partial charge in [0.2, 0.25) is 5.91 Å². The Bertz CT molecular complexity index is 837. The molecule has 2 aromatic carbocycles. The number of hydrogen-bond acceptors (Lipinski definition) is 3. The first-order valence-corrected chi connectivity index (χ1v) is 11.4. The van der Waals surface area contributed by atoms with Crippen LogP contribution >= 0.6 is 11.8 Å². The van der Waals surface area contributed by atoms with E-state index in [1.54, 1.807) is 0 Å². The van der Waals surface area contributed by atoms with Crippen molar-refractivity contribution in [2.24, 2.45) is 17.8 Å². The zero-order chi connectivity index (χ0) is 19.1. The third-order valence-electron chi connectivity index (χ3n) is 6.92. The molecule has 28 heavy (non-hydrogen) atoms. The van der Waals surface area contributed by atoms with E-state index in [0.29, 0.717) is 24.9 Å². The lowest BCUT2D eigenvalue weighted by atomic mass is 9.84. The molecule has 146 valence electrons. The monoisotopic (exact) mass is 392 g/mol. The molecule has 5 rings (SSSR count). The van der Waals surface area contributed by atoms with Crippen molar-refractivity contribution in [1.29, 1.82) is 0 Å². The van der Waals surface area contributed by atoms with Gasteiger partial charge in [-0.2, -0.15) is 0 Å². The lowest BCUT2D eigenvalue weighted by Gasteiger charge is -2.33. The summed E-state index contributed by atoms with van der Waals surface area (Å²) in [5.41, 5.74) is 2.42. The Kier molecular flexibility index (Phi) is 4.83. The molecule has 0 spiro atoms. The number of carbonyl (C=O) groups is 1. The molecule has 1 N–H and O–H groups in total. The summed E-state index contributed by atoms with van der Waals surface area (Å²) in [5, 5.41) is 3.32. The molecule has 2 bridgehead atoms. The molecule has 1 heterocycles. The van der Waals surface area contributed by atoms with Crippen LogP contribution in [0.3, 0.4) is 0 Å². The molecule has 1 aliphatic heterocycles. The summed E-state index contributed by atoms with van der Waals surface area (Å²) in [4.78, 5) is 17.6. The molecule has 4 unspecified atom stereocenters. The van der Waals surface area contributed by atoms with Gasteiger partial charge in [0.05, 0.1) is 11.4 Å². The lowest BCUT2D eigenvalue weighted by Crippen LogP contribution is -2.41. The van der Waals surface area contributed by atoms with Crippen LogP contribution in [-0.4, -0.2) is 18.5 Å². The molecule has 4 heteroatoms. The van der Waals surface area contributed by atoms with Crippen LogP contribution in [0.5, 0.6) is 0 Å². The second kappa shape index (κ2) is 7.47. The summed E-state index contributed by atoms with van der Waals surface area (Å²) in [6.07, 6.45) is 6.01. The highest BCUT2D eigenvalue weighted by Gasteiger charge is 2.42. The molecular weight excluding hydrogens is 364 g/mol. The smallest absolute Gasteiger partial charge is 0.222 e. The van der Waals surface area contributed by atoms with Crippen LogP contribution in [0.25, 0.3) is 0 Å². The number of para-hydroxylation sites is 2. The van der Waals surface area contributed by atoms with Crippen molar-refractivity contribution in [2.75, 3.05) is 11.4 Å². The van der Waals surface area contributed by atoms with E-state index in [2.05, 4.69) is 65.7 Å². The van der Waals surface area contributed by atoms with Crippen molar-refractivity contribution in [2.45, 2.75) is 54.9 Å². The molecule has 2 aromatic rings. The first-order chi connectivity index (χ1) is 13.7. The van der Waals surface area contributed by atoms with Crippen molar-refractivity contribution in [3.8, 4) is 0 Å². The zero-order valence-electron chi connectivity index (χ0n) is 16.4. The molecule has 2 saturated carbocycles. The minimum Gasteiger partial charge on any atom is -0.353 e. The molecule has 3 nitrogen and oxygen atoms in total. The van der Waals surface area contributed by atoms with Crippen LogP contribution in [0, 0.1) is 17.8 Å².